The number of hydroxylamine groups is 1. The minimum Gasteiger partial charge on any atom is -0.376 e. The fourth-order valence-electron chi connectivity index (χ4n) is 1.59. The van der Waals surface area contributed by atoms with E-state index in [4.69, 9.17) is 4.84 Å². The first-order chi connectivity index (χ1) is 7.43. The van der Waals surface area contributed by atoms with Gasteiger partial charge in [0.25, 0.3) is 5.95 Å². The van der Waals surface area contributed by atoms with Crippen molar-refractivity contribution in [1.82, 2.24) is 20.6 Å². The molecule has 1 N–H and O–H groups in total. The molecule has 1 aromatic heterocycles. The minimum atomic E-state index is 0.463. The Balaban J connectivity index is 1.89. The maximum Gasteiger partial charge on any atom is 0.298 e. The molecule has 2 heterocycles. The number of tetrazole rings is 1. The molecule has 1 aromatic carbocycles. The van der Waals surface area contributed by atoms with E-state index in [2.05, 4.69) is 26.7 Å². The van der Waals surface area contributed by atoms with E-state index in [0.717, 1.165) is 18.7 Å². The molecule has 15 heavy (non-hydrogen) atoms. The Kier molecular flexibility index (Phi) is 1.77. The van der Waals surface area contributed by atoms with E-state index in [1.54, 1.807) is 5.06 Å². The number of benzene rings is 1. The van der Waals surface area contributed by atoms with E-state index in [0.29, 0.717) is 5.95 Å². The number of H-pyrrole nitrogens is 1. The summed E-state index contributed by atoms with van der Waals surface area (Å²) in [4.78, 5) is 5.62. The van der Waals surface area contributed by atoms with E-state index < -0.39 is 0 Å². The highest BCUT2D eigenvalue weighted by Crippen LogP contribution is 2.25. The number of nitrogens with zero attached hydrogens (tertiary/aromatic N) is 4. The third kappa shape index (κ3) is 1.39. The third-order valence-electron chi connectivity index (χ3n) is 2.32. The summed E-state index contributed by atoms with van der Waals surface area (Å²) in [6, 6.07) is 7.94. The van der Waals surface area contributed by atoms with Gasteiger partial charge in [0.2, 0.25) is 0 Å². The van der Waals surface area contributed by atoms with E-state index in [1.807, 2.05) is 18.2 Å². The molecule has 1 aliphatic rings. The van der Waals surface area contributed by atoms with Crippen LogP contribution in [-0.2, 0) is 6.42 Å². The zero-order valence-corrected chi connectivity index (χ0v) is 7.92. The van der Waals surface area contributed by atoms with Gasteiger partial charge in [-0.05, 0) is 23.3 Å². The summed E-state index contributed by atoms with van der Waals surface area (Å²) in [6.45, 7) is 0.733. The van der Waals surface area contributed by atoms with Crippen LogP contribution in [0.15, 0.2) is 24.3 Å². The number of fused-ring (bicyclic) bond motifs is 1. The molecule has 0 fully saturated rings. The van der Waals surface area contributed by atoms with Crippen molar-refractivity contribution in [3.63, 3.8) is 0 Å². The van der Waals surface area contributed by atoms with Gasteiger partial charge < -0.3 is 4.84 Å². The van der Waals surface area contributed by atoms with Crippen molar-refractivity contribution in [2.45, 2.75) is 6.42 Å². The Hall–Kier alpha value is -2.11. The Morgan fingerprint density at radius 2 is 2.27 bits per heavy atom. The molecule has 0 saturated carbocycles. The normalized spacial score (nSPS) is 14.5. The molecule has 3 rings (SSSR count). The number of anilines is 1. The molecule has 2 aromatic rings. The zero-order chi connectivity index (χ0) is 10.1. The summed E-state index contributed by atoms with van der Waals surface area (Å²) in [5.74, 6) is 1.32. The molecule has 0 saturated heterocycles. The summed E-state index contributed by atoms with van der Waals surface area (Å²) in [5.41, 5.74) is 1.21. The van der Waals surface area contributed by atoms with Gasteiger partial charge in [0, 0.05) is 0 Å². The van der Waals surface area contributed by atoms with Gasteiger partial charge in [-0.2, -0.15) is 10.3 Å². The smallest absolute Gasteiger partial charge is 0.298 e. The molecular weight excluding hydrogens is 194 g/mol. The Bertz CT molecular complexity index is 455. The zero-order valence-electron chi connectivity index (χ0n) is 7.92. The van der Waals surface area contributed by atoms with Gasteiger partial charge in [-0.3, -0.25) is 0 Å². The highest BCUT2D eigenvalue weighted by molar-refractivity contribution is 5.39. The van der Waals surface area contributed by atoms with Crippen LogP contribution in [0.4, 0.5) is 5.95 Å². The predicted octanol–water partition coefficient (Wildman–Crippen LogP) is 0.556. The first kappa shape index (κ1) is 8.22. The minimum absolute atomic E-state index is 0.463. The largest absolute Gasteiger partial charge is 0.376 e. The summed E-state index contributed by atoms with van der Waals surface area (Å²) in [5, 5.41) is 15.3. The lowest BCUT2D eigenvalue weighted by molar-refractivity contribution is 0.254. The van der Waals surface area contributed by atoms with Crippen LogP contribution in [0.1, 0.15) is 5.56 Å². The summed E-state index contributed by atoms with van der Waals surface area (Å²) < 4.78 is 0. The van der Waals surface area contributed by atoms with Crippen LogP contribution in [0.2, 0.25) is 0 Å². The lowest BCUT2D eigenvalue weighted by atomic mass is 10.1. The van der Waals surface area contributed by atoms with E-state index in [1.165, 1.54) is 5.56 Å². The van der Waals surface area contributed by atoms with Crippen LogP contribution in [0.5, 0.6) is 5.75 Å². The van der Waals surface area contributed by atoms with E-state index in [-0.39, 0.29) is 0 Å². The highest BCUT2D eigenvalue weighted by atomic mass is 16.7. The Labute approximate surface area is 85.8 Å². The van der Waals surface area contributed by atoms with Crippen molar-refractivity contribution in [2.24, 2.45) is 0 Å². The SMILES string of the molecule is c1ccc2c(c1)CCN(c1nn[nH]n1)O2. The average Bonchev–Trinajstić information content (AvgIpc) is 2.82. The van der Waals surface area contributed by atoms with Gasteiger partial charge >= 0.3 is 0 Å². The molecule has 6 nitrogen and oxygen atoms in total. The number of rotatable bonds is 1. The number of para-hydroxylation sites is 1. The summed E-state index contributed by atoms with van der Waals surface area (Å²) >= 11 is 0. The third-order valence-corrected chi connectivity index (χ3v) is 2.32. The number of aromatic amines is 1. The first-order valence-corrected chi connectivity index (χ1v) is 4.70. The van der Waals surface area contributed by atoms with Gasteiger partial charge in [-0.15, -0.1) is 5.10 Å². The topological polar surface area (TPSA) is 66.9 Å². The molecule has 1 aliphatic heterocycles. The van der Waals surface area contributed by atoms with Crippen LogP contribution in [-0.4, -0.2) is 27.2 Å². The second-order valence-corrected chi connectivity index (χ2v) is 3.26. The van der Waals surface area contributed by atoms with Crippen molar-refractivity contribution in [3.05, 3.63) is 29.8 Å². The molecule has 0 radical (unpaired) electrons. The molecule has 0 aliphatic carbocycles. The van der Waals surface area contributed by atoms with Crippen LogP contribution in [0.25, 0.3) is 0 Å². The summed E-state index contributed by atoms with van der Waals surface area (Å²) in [7, 11) is 0. The second kappa shape index (κ2) is 3.23. The number of aromatic nitrogens is 4. The van der Waals surface area contributed by atoms with Crippen LogP contribution in [0.3, 0.4) is 0 Å². The maximum atomic E-state index is 5.62. The first-order valence-electron chi connectivity index (χ1n) is 4.70. The number of nitrogens with one attached hydrogen (secondary N) is 1. The standard InChI is InChI=1S/C9H9N5O/c1-2-4-8-7(3-1)5-6-14(15-8)9-10-12-13-11-9/h1-4H,5-6H2,(H,10,11,12,13). The average molecular weight is 203 g/mol. The Morgan fingerprint density at radius 3 is 3.13 bits per heavy atom. The van der Waals surface area contributed by atoms with Gasteiger partial charge in [0.05, 0.1) is 6.54 Å². The van der Waals surface area contributed by atoms with E-state index >= 15 is 0 Å². The summed E-state index contributed by atoms with van der Waals surface area (Å²) in [6.07, 6.45) is 0.921. The maximum absolute atomic E-state index is 5.62. The van der Waals surface area contributed by atoms with Crippen molar-refractivity contribution < 1.29 is 4.84 Å². The molecule has 6 heteroatoms. The van der Waals surface area contributed by atoms with Crippen LogP contribution >= 0.6 is 0 Å². The van der Waals surface area contributed by atoms with Gasteiger partial charge in [-0.1, -0.05) is 23.3 Å². The molecule has 0 spiro atoms. The second-order valence-electron chi connectivity index (χ2n) is 3.26. The van der Waals surface area contributed by atoms with Crippen molar-refractivity contribution in [2.75, 3.05) is 11.6 Å². The highest BCUT2D eigenvalue weighted by Gasteiger charge is 2.20. The fourth-order valence-corrected chi connectivity index (χ4v) is 1.59. The van der Waals surface area contributed by atoms with Gasteiger partial charge in [0.1, 0.15) is 0 Å². The molecular formula is C9H9N5O. The lowest BCUT2D eigenvalue weighted by Gasteiger charge is -2.26. The lowest BCUT2D eigenvalue weighted by Crippen LogP contribution is -2.34. The van der Waals surface area contributed by atoms with Crippen molar-refractivity contribution >= 4 is 5.95 Å². The predicted molar refractivity (Wildman–Crippen MR) is 52.3 cm³/mol. The Morgan fingerprint density at radius 1 is 1.33 bits per heavy atom. The van der Waals surface area contributed by atoms with E-state index in [9.17, 15) is 0 Å². The molecule has 0 unspecified atom stereocenters. The monoisotopic (exact) mass is 203 g/mol. The van der Waals surface area contributed by atoms with Crippen molar-refractivity contribution in [1.29, 1.82) is 0 Å². The quantitative estimate of drug-likeness (QED) is 0.733. The molecule has 0 atom stereocenters. The van der Waals surface area contributed by atoms with Crippen LogP contribution < -0.4 is 9.90 Å². The molecule has 0 amide bonds. The van der Waals surface area contributed by atoms with Crippen molar-refractivity contribution in [3.8, 4) is 5.75 Å². The number of hydrogen-bond donors (Lipinski definition) is 1. The number of hydrogen-bond acceptors (Lipinski definition) is 5. The van der Waals surface area contributed by atoms with Gasteiger partial charge in [0.15, 0.2) is 5.75 Å². The van der Waals surface area contributed by atoms with Crippen LogP contribution in [0, 0.1) is 0 Å². The molecule has 76 valence electrons. The molecule has 0 bridgehead atoms. The van der Waals surface area contributed by atoms with Gasteiger partial charge in [-0.25, -0.2) is 0 Å². The fraction of sp³-hybridized carbons (Fsp3) is 0.222.